The first-order valence-electron chi connectivity index (χ1n) is 14.2. The van der Waals surface area contributed by atoms with E-state index < -0.39 is 57.7 Å². The molecule has 0 aromatic heterocycles. The Balaban J connectivity index is 1.23. The van der Waals surface area contributed by atoms with Gasteiger partial charge in [0.1, 0.15) is 12.3 Å². The molecule has 2 aliphatic carbocycles. The molecule has 0 N–H and O–H groups in total. The van der Waals surface area contributed by atoms with Crippen LogP contribution in [-0.2, 0) is 9.59 Å². The molecule has 3 aromatic carbocycles. The maximum Gasteiger partial charge on any atom is 0.343 e. The summed E-state index contributed by atoms with van der Waals surface area (Å²) in [6.45, 7) is -0.709. The van der Waals surface area contributed by atoms with Gasteiger partial charge >= 0.3 is 5.97 Å². The Labute approximate surface area is 282 Å². The first-order chi connectivity index (χ1) is 22.4. The van der Waals surface area contributed by atoms with Gasteiger partial charge < -0.3 is 4.74 Å². The molecule has 1 aliphatic heterocycles. The van der Waals surface area contributed by atoms with Crippen molar-refractivity contribution in [3.63, 3.8) is 0 Å². The first kappa shape index (κ1) is 32.1. The van der Waals surface area contributed by atoms with Crippen LogP contribution >= 0.6 is 31.9 Å². The molecule has 2 bridgehead atoms. The topological polar surface area (TPSA) is 187 Å². The maximum absolute atomic E-state index is 13.8. The molecule has 3 aromatic rings. The average molecular weight is 770 g/mol. The van der Waals surface area contributed by atoms with Crippen LogP contribution in [0.25, 0.3) is 0 Å². The number of non-ortho nitro benzene ring substituents is 2. The molecule has 47 heavy (non-hydrogen) atoms. The second kappa shape index (κ2) is 12.4. The zero-order chi connectivity index (χ0) is 33.7. The van der Waals surface area contributed by atoms with E-state index >= 15 is 0 Å². The molecule has 1 heterocycles. The number of carbonyl (C=O) groups excluding carboxylic acids is 5. The standard InChI is InChI=1S/C31H22Br2N4O10/c32-26-21-13-22(27(26)33)25-24(21)29(40)35(30(25)41)34(28(39)16-1-7-18(8-2-16)36(43)44)14-23(38)15-5-11-20(12-6-15)47-31(42)17-3-9-19(10-4-17)37(45)46/h1-12,21-22,24-27H,13-14H2/t21-,22-,24-,25+,26+,27+/m1/s1. The predicted octanol–water partition coefficient (Wildman–Crippen LogP) is 4.74. The first-order valence-corrected chi connectivity index (χ1v) is 16.0. The van der Waals surface area contributed by atoms with E-state index in [1.54, 1.807) is 0 Å². The van der Waals surface area contributed by atoms with Crippen molar-refractivity contribution in [1.29, 1.82) is 0 Å². The monoisotopic (exact) mass is 768 g/mol. The third-order valence-electron chi connectivity index (χ3n) is 8.76. The highest BCUT2D eigenvalue weighted by molar-refractivity contribution is 9.12. The maximum atomic E-state index is 13.8. The number of nitrogens with zero attached hydrogens (tertiary/aromatic N) is 4. The van der Waals surface area contributed by atoms with Crippen molar-refractivity contribution >= 4 is 72.7 Å². The Hall–Kier alpha value is -4.83. The normalized spacial score (nSPS) is 24.2. The van der Waals surface area contributed by atoms with Crippen molar-refractivity contribution in [3.05, 3.63) is 110 Å². The van der Waals surface area contributed by atoms with Gasteiger partial charge in [-0.25, -0.2) is 9.80 Å². The molecule has 240 valence electrons. The molecule has 14 nitrogen and oxygen atoms in total. The Morgan fingerprint density at radius 2 is 1.19 bits per heavy atom. The molecule has 0 unspecified atom stereocenters. The highest BCUT2D eigenvalue weighted by atomic mass is 79.9. The summed E-state index contributed by atoms with van der Waals surface area (Å²) in [5.41, 5.74) is -0.411. The van der Waals surface area contributed by atoms with Crippen LogP contribution in [0.1, 0.15) is 37.5 Å². The minimum absolute atomic E-state index is 0.0565. The van der Waals surface area contributed by atoms with Crippen LogP contribution in [0.4, 0.5) is 11.4 Å². The van der Waals surface area contributed by atoms with Gasteiger partial charge in [0.2, 0.25) is 0 Å². The number of alkyl halides is 2. The Morgan fingerprint density at radius 3 is 1.66 bits per heavy atom. The summed E-state index contributed by atoms with van der Waals surface area (Å²) in [7, 11) is 0. The van der Waals surface area contributed by atoms with Crippen LogP contribution in [0.15, 0.2) is 72.8 Å². The number of halogens is 2. The van der Waals surface area contributed by atoms with Crippen LogP contribution in [-0.4, -0.2) is 65.5 Å². The summed E-state index contributed by atoms with van der Waals surface area (Å²) < 4.78 is 5.30. The Morgan fingerprint density at radius 1 is 0.745 bits per heavy atom. The lowest BCUT2D eigenvalue weighted by atomic mass is 9.81. The number of nitro groups is 2. The molecule has 0 spiro atoms. The number of ether oxygens (including phenoxy) is 1. The number of rotatable bonds is 9. The van der Waals surface area contributed by atoms with E-state index in [2.05, 4.69) is 31.9 Å². The summed E-state index contributed by atoms with van der Waals surface area (Å²) in [4.78, 5) is 88.1. The summed E-state index contributed by atoms with van der Waals surface area (Å²) in [5, 5.41) is 23.5. The van der Waals surface area contributed by atoms with Crippen molar-refractivity contribution in [3.8, 4) is 5.75 Å². The average Bonchev–Trinajstić information content (AvgIpc) is 3.68. The minimum atomic E-state index is -0.873. The fraction of sp³-hybridized carbons (Fsp3) is 0.258. The van der Waals surface area contributed by atoms with E-state index in [-0.39, 0.29) is 55.3 Å². The van der Waals surface area contributed by atoms with E-state index in [0.717, 1.165) is 34.3 Å². The third-order valence-corrected chi connectivity index (χ3v) is 12.0. The molecule has 6 atom stereocenters. The number of fused-ring (bicyclic) bond motifs is 5. The van der Waals surface area contributed by atoms with Crippen LogP contribution in [0.5, 0.6) is 5.75 Å². The number of imide groups is 1. The van der Waals surface area contributed by atoms with Gasteiger partial charge in [0.25, 0.3) is 29.1 Å². The number of hydrogen-bond donors (Lipinski definition) is 0. The summed E-state index contributed by atoms with van der Waals surface area (Å²) >= 11 is 7.25. The number of hydrogen-bond acceptors (Lipinski definition) is 10. The van der Waals surface area contributed by atoms with Crippen molar-refractivity contribution in [1.82, 2.24) is 10.0 Å². The van der Waals surface area contributed by atoms with Gasteiger partial charge in [0, 0.05) is 45.0 Å². The molecule has 3 fully saturated rings. The lowest BCUT2D eigenvalue weighted by Gasteiger charge is -2.30. The van der Waals surface area contributed by atoms with Gasteiger partial charge in [-0.05, 0) is 66.8 Å². The number of nitro benzene ring substituents is 2. The zero-order valence-corrected chi connectivity index (χ0v) is 27.1. The van der Waals surface area contributed by atoms with Crippen molar-refractivity contribution < 1.29 is 38.6 Å². The van der Waals surface area contributed by atoms with E-state index in [1.165, 1.54) is 48.5 Å². The highest BCUT2D eigenvalue weighted by Gasteiger charge is 2.67. The molecular weight excluding hydrogens is 748 g/mol. The fourth-order valence-electron chi connectivity index (χ4n) is 6.50. The largest absolute Gasteiger partial charge is 0.423 e. The SMILES string of the molecule is O=C(CN(C(=O)c1ccc([N+](=O)[O-])cc1)N1C(=O)[C@@H]2[C@H]3C[C@@H]([C@H](Br)[C@H]3Br)[C@@H]2C1=O)c1ccc(OC(=O)c2ccc([N+](=O)[O-])cc2)cc1. The number of hydrazine groups is 1. The van der Waals surface area contributed by atoms with Gasteiger partial charge in [-0.3, -0.25) is 39.4 Å². The number of amides is 3. The lowest BCUT2D eigenvalue weighted by Crippen LogP contribution is -2.52. The molecule has 0 radical (unpaired) electrons. The summed E-state index contributed by atoms with van der Waals surface area (Å²) in [6, 6.07) is 14.7. The predicted molar refractivity (Wildman–Crippen MR) is 169 cm³/mol. The van der Waals surface area contributed by atoms with E-state index in [4.69, 9.17) is 4.74 Å². The lowest BCUT2D eigenvalue weighted by molar-refractivity contribution is -0.385. The molecule has 16 heteroatoms. The number of benzene rings is 3. The van der Waals surface area contributed by atoms with Crippen LogP contribution < -0.4 is 4.74 Å². The number of esters is 1. The van der Waals surface area contributed by atoms with Crippen LogP contribution in [0.3, 0.4) is 0 Å². The summed E-state index contributed by atoms with van der Waals surface area (Å²) in [5.74, 6) is -5.07. The van der Waals surface area contributed by atoms with Gasteiger partial charge in [-0.2, -0.15) is 5.01 Å². The second-order valence-corrected chi connectivity index (χ2v) is 13.4. The molecule has 6 rings (SSSR count). The minimum Gasteiger partial charge on any atom is -0.423 e. The van der Waals surface area contributed by atoms with Gasteiger partial charge in [-0.15, -0.1) is 0 Å². The van der Waals surface area contributed by atoms with Gasteiger partial charge in [-0.1, -0.05) is 31.9 Å². The van der Waals surface area contributed by atoms with Gasteiger partial charge in [0.15, 0.2) is 5.78 Å². The zero-order valence-electron chi connectivity index (χ0n) is 23.9. The second-order valence-electron chi connectivity index (χ2n) is 11.3. The third kappa shape index (κ3) is 5.71. The molecule has 3 amide bonds. The number of Topliss-reactive ketones (excluding diaryl/α,β-unsaturated/α-hetero) is 1. The quantitative estimate of drug-likeness (QED) is 0.0560. The molecule has 2 saturated carbocycles. The molecule has 3 aliphatic rings. The summed E-state index contributed by atoms with van der Waals surface area (Å²) in [6.07, 6.45) is 0.656. The fourth-order valence-corrected chi connectivity index (χ4v) is 8.37. The van der Waals surface area contributed by atoms with Crippen molar-refractivity contribution in [2.45, 2.75) is 16.1 Å². The van der Waals surface area contributed by atoms with Crippen LogP contribution in [0.2, 0.25) is 0 Å². The van der Waals surface area contributed by atoms with Crippen molar-refractivity contribution in [2.75, 3.05) is 6.54 Å². The van der Waals surface area contributed by atoms with Crippen LogP contribution in [0, 0.1) is 43.9 Å². The van der Waals surface area contributed by atoms with E-state index in [1.807, 2.05) is 0 Å². The Bertz CT molecular complexity index is 1800. The Kier molecular flexibility index (Phi) is 8.48. The van der Waals surface area contributed by atoms with E-state index in [9.17, 15) is 44.2 Å². The van der Waals surface area contributed by atoms with Crippen molar-refractivity contribution in [2.24, 2.45) is 23.7 Å². The number of ketones is 1. The smallest absolute Gasteiger partial charge is 0.343 e. The van der Waals surface area contributed by atoms with Gasteiger partial charge in [0.05, 0.1) is 27.2 Å². The number of carbonyl (C=O) groups is 5. The molecule has 1 saturated heterocycles. The van der Waals surface area contributed by atoms with E-state index in [0.29, 0.717) is 6.42 Å². The molecular formula is C31H22Br2N4O10. The highest BCUT2D eigenvalue weighted by Crippen LogP contribution is 2.60.